The second-order valence-electron chi connectivity index (χ2n) is 9.63. The molecule has 0 radical (unpaired) electrons. The van der Waals surface area contributed by atoms with E-state index < -0.39 is 28.0 Å². The number of methoxy groups -OCH3 is 1. The molecule has 39 heavy (non-hydrogen) atoms. The lowest BCUT2D eigenvalue weighted by Gasteiger charge is -2.34. The molecule has 0 fully saturated rings. The van der Waals surface area contributed by atoms with E-state index in [4.69, 9.17) is 14.6 Å². The molecule has 0 aromatic heterocycles. The summed E-state index contributed by atoms with van der Waals surface area (Å²) in [5, 5.41) is 5.21. The van der Waals surface area contributed by atoms with Gasteiger partial charge in [-0.2, -0.15) is 0 Å². The Kier molecular flexibility index (Phi) is 10.8. The molecule has 0 aliphatic rings. The van der Waals surface area contributed by atoms with Gasteiger partial charge in [0.2, 0.25) is 10.0 Å². The van der Waals surface area contributed by atoms with E-state index in [-0.39, 0.29) is 59.3 Å². The van der Waals surface area contributed by atoms with Gasteiger partial charge in [0, 0.05) is 30.5 Å². The molecule has 2 N–H and O–H groups in total. The summed E-state index contributed by atoms with van der Waals surface area (Å²) in [6.07, 6.45) is -4.52. The van der Waals surface area contributed by atoms with Crippen LogP contribution in [0.2, 0.25) is 0 Å². The molecule has 1 amide bonds. The zero-order valence-corrected chi connectivity index (χ0v) is 23.0. The fourth-order valence-electron chi connectivity index (χ4n) is 3.73. The average molecular weight is 575 g/mol. The van der Waals surface area contributed by atoms with Gasteiger partial charge in [0.1, 0.15) is 16.4 Å². The Morgan fingerprint density at radius 2 is 1.67 bits per heavy atom. The molecule has 2 aromatic rings. The number of rotatable bonds is 12. The van der Waals surface area contributed by atoms with Crippen molar-refractivity contribution >= 4 is 21.9 Å². The third-order valence-corrected chi connectivity index (χ3v) is 6.59. The molecule has 0 saturated carbocycles. The van der Waals surface area contributed by atoms with Crippen LogP contribution >= 0.6 is 0 Å². The minimum absolute atomic E-state index is 0.0207. The van der Waals surface area contributed by atoms with E-state index in [9.17, 15) is 31.2 Å². The average Bonchev–Trinajstić information content (AvgIpc) is 2.82. The van der Waals surface area contributed by atoms with Gasteiger partial charge in [-0.15, -0.1) is 13.2 Å². The van der Waals surface area contributed by atoms with Crippen molar-refractivity contribution in [2.45, 2.75) is 63.3 Å². The van der Waals surface area contributed by atoms with Gasteiger partial charge in [-0.3, -0.25) is 4.79 Å². The van der Waals surface area contributed by atoms with Gasteiger partial charge in [-0.05, 0) is 63.4 Å². The smallest absolute Gasteiger partial charge is 0.495 e. The Bertz CT molecular complexity index is 1260. The SMILES string of the molecule is COc1ccc(C(=O)CCCCN(C(=O)OCCc2ccccc2OC(F)(F)F)C(C)(C)C)cc1S(N)(=O)=O. The second kappa shape index (κ2) is 13.2. The number of amides is 1. The fraction of sp³-hybridized carbons (Fsp3) is 0.462. The fourth-order valence-corrected chi connectivity index (χ4v) is 4.46. The molecule has 0 aliphatic heterocycles. The van der Waals surface area contributed by atoms with E-state index in [0.29, 0.717) is 12.8 Å². The molecule has 0 atom stereocenters. The predicted molar refractivity (Wildman–Crippen MR) is 137 cm³/mol. The van der Waals surface area contributed by atoms with Crippen LogP contribution in [-0.2, 0) is 21.2 Å². The Morgan fingerprint density at radius 1 is 1.00 bits per heavy atom. The van der Waals surface area contributed by atoms with E-state index >= 15 is 0 Å². The van der Waals surface area contributed by atoms with E-state index in [1.165, 1.54) is 48.4 Å². The van der Waals surface area contributed by atoms with Gasteiger partial charge in [-0.25, -0.2) is 18.4 Å². The van der Waals surface area contributed by atoms with Crippen molar-refractivity contribution in [2.75, 3.05) is 20.3 Å². The van der Waals surface area contributed by atoms with E-state index in [2.05, 4.69) is 4.74 Å². The first-order valence-corrected chi connectivity index (χ1v) is 13.6. The number of para-hydroxylation sites is 1. The van der Waals surface area contributed by atoms with Crippen LogP contribution < -0.4 is 14.6 Å². The highest BCUT2D eigenvalue weighted by Crippen LogP contribution is 2.27. The number of carbonyl (C=O) groups is 2. The van der Waals surface area contributed by atoms with Gasteiger partial charge < -0.3 is 19.1 Å². The van der Waals surface area contributed by atoms with Crippen molar-refractivity contribution < 1.29 is 45.4 Å². The summed E-state index contributed by atoms with van der Waals surface area (Å²) in [5.41, 5.74) is -0.215. The summed E-state index contributed by atoms with van der Waals surface area (Å²) >= 11 is 0. The number of hydrogen-bond acceptors (Lipinski definition) is 7. The molecule has 2 rings (SSSR count). The largest absolute Gasteiger partial charge is 0.573 e. The maximum atomic E-state index is 12.8. The molecular formula is C26H33F3N2O7S. The van der Waals surface area contributed by atoms with Crippen molar-refractivity contribution in [3.05, 3.63) is 53.6 Å². The number of nitrogens with zero attached hydrogens (tertiary/aromatic N) is 1. The summed E-state index contributed by atoms with van der Waals surface area (Å²) in [7, 11) is -2.80. The quantitative estimate of drug-likeness (QED) is 0.277. The number of ketones is 1. The Hall–Kier alpha value is -3.32. The van der Waals surface area contributed by atoms with Gasteiger partial charge in [0.05, 0.1) is 13.7 Å². The first-order chi connectivity index (χ1) is 18.0. The highest BCUT2D eigenvalue weighted by Gasteiger charge is 2.32. The maximum absolute atomic E-state index is 12.8. The number of carbonyl (C=O) groups excluding carboxylic acids is 2. The number of halogens is 3. The molecule has 9 nitrogen and oxygen atoms in total. The number of unbranched alkanes of at least 4 members (excludes halogenated alkanes) is 1. The number of sulfonamides is 1. The predicted octanol–water partition coefficient (Wildman–Crippen LogP) is 5.07. The molecule has 0 aliphatic carbocycles. The standard InChI is InChI=1S/C26H33F3N2O7S/c1-25(2,3)31(24(33)37-16-14-18-9-5-6-11-21(18)38-26(27,28)29)15-8-7-10-20(32)19-12-13-22(36-4)23(17-19)39(30,34)35/h5-6,9,11-13,17H,7-8,10,14-16H2,1-4H3,(H2,30,34,35). The molecule has 0 heterocycles. The minimum atomic E-state index is -4.84. The van der Waals surface area contributed by atoms with Crippen LogP contribution in [0.15, 0.2) is 47.4 Å². The molecule has 0 bridgehead atoms. The number of benzene rings is 2. The molecule has 0 unspecified atom stereocenters. The monoisotopic (exact) mass is 574 g/mol. The van der Waals surface area contributed by atoms with Crippen LogP contribution in [0.25, 0.3) is 0 Å². The molecule has 0 saturated heterocycles. The van der Waals surface area contributed by atoms with Crippen LogP contribution in [0.4, 0.5) is 18.0 Å². The van der Waals surface area contributed by atoms with Gasteiger partial charge in [0.15, 0.2) is 5.78 Å². The Balaban J connectivity index is 1.93. The summed E-state index contributed by atoms with van der Waals surface area (Å²) in [6, 6.07) is 9.61. The first kappa shape index (κ1) is 31.9. The number of primary sulfonamides is 1. The van der Waals surface area contributed by atoms with Crippen LogP contribution in [0.1, 0.15) is 56.0 Å². The van der Waals surface area contributed by atoms with Crippen molar-refractivity contribution in [3.8, 4) is 11.5 Å². The van der Waals surface area contributed by atoms with E-state index in [0.717, 1.165) is 0 Å². The van der Waals surface area contributed by atoms with Crippen LogP contribution in [0, 0.1) is 0 Å². The Labute approximate surface area is 226 Å². The van der Waals surface area contributed by atoms with Crippen molar-refractivity contribution in [1.29, 1.82) is 0 Å². The molecule has 0 spiro atoms. The van der Waals surface area contributed by atoms with Gasteiger partial charge in [0.25, 0.3) is 0 Å². The number of nitrogens with two attached hydrogens (primary N) is 1. The number of hydrogen-bond donors (Lipinski definition) is 1. The molecule has 13 heteroatoms. The molecular weight excluding hydrogens is 541 g/mol. The normalized spacial score (nSPS) is 12.1. The lowest BCUT2D eigenvalue weighted by atomic mass is 10.0. The summed E-state index contributed by atoms with van der Waals surface area (Å²) in [4.78, 5) is 26.6. The van der Waals surface area contributed by atoms with Crippen molar-refractivity contribution in [2.24, 2.45) is 5.14 Å². The summed E-state index contributed by atoms with van der Waals surface area (Å²) in [5.74, 6) is -0.622. The minimum Gasteiger partial charge on any atom is -0.495 e. The highest BCUT2D eigenvalue weighted by molar-refractivity contribution is 7.89. The van der Waals surface area contributed by atoms with E-state index in [1.54, 1.807) is 26.8 Å². The number of Topliss-reactive ketones (excluding diaryl/α,β-unsaturated/α-hetero) is 1. The third-order valence-electron chi connectivity index (χ3n) is 5.65. The second-order valence-corrected chi connectivity index (χ2v) is 11.2. The van der Waals surface area contributed by atoms with E-state index in [1.807, 2.05) is 0 Å². The zero-order valence-electron chi connectivity index (χ0n) is 22.2. The molecule has 216 valence electrons. The first-order valence-electron chi connectivity index (χ1n) is 12.0. The van der Waals surface area contributed by atoms with Gasteiger partial charge in [-0.1, -0.05) is 18.2 Å². The molecule has 2 aromatic carbocycles. The summed E-state index contributed by atoms with van der Waals surface area (Å²) in [6.45, 7) is 5.51. The third kappa shape index (κ3) is 10.1. The van der Waals surface area contributed by atoms with Crippen LogP contribution in [-0.4, -0.2) is 57.4 Å². The van der Waals surface area contributed by atoms with Crippen molar-refractivity contribution in [1.82, 2.24) is 4.90 Å². The number of ether oxygens (including phenoxy) is 3. The van der Waals surface area contributed by atoms with Crippen LogP contribution in [0.3, 0.4) is 0 Å². The maximum Gasteiger partial charge on any atom is 0.573 e. The van der Waals surface area contributed by atoms with Crippen molar-refractivity contribution in [3.63, 3.8) is 0 Å². The topological polar surface area (TPSA) is 125 Å². The Morgan fingerprint density at radius 3 is 2.26 bits per heavy atom. The summed E-state index contributed by atoms with van der Waals surface area (Å²) < 4.78 is 75.8. The zero-order chi connectivity index (χ0) is 29.4. The lowest BCUT2D eigenvalue weighted by Crippen LogP contribution is -2.46. The number of alkyl halides is 3. The lowest BCUT2D eigenvalue weighted by molar-refractivity contribution is -0.274. The van der Waals surface area contributed by atoms with Crippen LogP contribution in [0.5, 0.6) is 11.5 Å². The van der Waals surface area contributed by atoms with Gasteiger partial charge >= 0.3 is 12.5 Å². The highest BCUT2D eigenvalue weighted by atomic mass is 32.2.